The minimum Gasteiger partial charge on any atom is -0.493 e. The summed E-state index contributed by atoms with van der Waals surface area (Å²) in [6.45, 7) is 0.769. The van der Waals surface area contributed by atoms with Crippen molar-refractivity contribution in [2.45, 2.75) is 57.8 Å². The molecule has 3 heteroatoms. The molecule has 0 heterocycles. The van der Waals surface area contributed by atoms with Gasteiger partial charge in [0.2, 0.25) is 0 Å². The van der Waals surface area contributed by atoms with Crippen molar-refractivity contribution in [1.82, 2.24) is 0 Å². The standard InChI is InChI=1S/C26H32O3/c1-28-26(27)17-8-6-4-2-3-5-7-11-18-29-25-16-12-15-23-19-21-13-9-10-14-22(21)20-24(23)25/h9-10,12-16,19-20H,2-8,11,17-18H2,1H3. The maximum Gasteiger partial charge on any atom is 0.305 e. The van der Waals surface area contributed by atoms with Crippen LogP contribution in [0.25, 0.3) is 21.5 Å². The van der Waals surface area contributed by atoms with Gasteiger partial charge in [0.25, 0.3) is 0 Å². The first-order valence-corrected chi connectivity index (χ1v) is 10.9. The van der Waals surface area contributed by atoms with Gasteiger partial charge in [-0.15, -0.1) is 0 Å². The van der Waals surface area contributed by atoms with Crippen molar-refractivity contribution in [2.75, 3.05) is 13.7 Å². The van der Waals surface area contributed by atoms with E-state index in [1.807, 2.05) is 0 Å². The number of esters is 1. The second-order valence-corrected chi connectivity index (χ2v) is 7.68. The molecule has 0 fully saturated rings. The number of rotatable bonds is 12. The molecule has 0 amide bonds. The predicted octanol–water partition coefficient (Wildman–Crippen LogP) is 7.06. The Morgan fingerprint density at radius 1 is 0.724 bits per heavy atom. The molecule has 3 rings (SSSR count). The smallest absolute Gasteiger partial charge is 0.305 e. The Labute approximate surface area is 174 Å². The highest BCUT2D eigenvalue weighted by Crippen LogP contribution is 2.30. The summed E-state index contributed by atoms with van der Waals surface area (Å²) in [4.78, 5) is 11.0. The fourth-order valence-electron chi connectivity index (χ4n) is 3.78. The molecule has 0 radical (unpaired) electrons. The molecular formula is C26H32O3. The van der Waals surface area contributed by atoms with Crippen LogP contribution in [0.3, 0.4) is 0 Å². The minimum atomic E-state index is -0.0932. The molecule has 3 nitrogen and oxygen atoms in total. The van der Waals surface area contributed by atoms with Crippen molar-refractivity contribution in [3.8, 4) is 5.75 Å². The van der Waals surface area contributed by atoms with E-state index in [1.165, 1.54) is 60.8 Å². The lowest BCUT2D eigenvalue weighted by molar-refractivity contribution is -0.140. The van der Waals surface area contributed by atoms with Crippen LogP contribution in [0, 0.1) is 0 Å². The number of hydrogen-bond donors (Lipinski definition) is 0. The van der Waals surface area contributed by atoms with Gasteiger partial charge in [0.05, 0.1) is 13.7 Å². The summed E-state index contributed by atoms with van der Waals surface area (Å²) in [5.41, 5.74) is 0. The number of methoxy groups -OCH3 is 1. The lowest BCUT2D eigenvalue weighted by Crippen LogP contribution is -1.99. The van der Waals surface area contributed by atoms with E-state index in [-0.39, 0.29) is 5.97 Å². The summed E-state index contributed by atoms with van der Waals surface area (Å²) in [7, 11) is 1.45. The van der Waals surface area contributed by atoms with Crippen molar-refractivity contribution in [3.63, 3.8) is 0 Å². The van der Waals surface area contributed by atoms with Gasteiger partial charge in [-0.1, -0.05) is 74.9 Å². The highest BCUT2D eigenvalue weighted by molar-refractivity contribution is 6.00. The van der Waals surface area contributed by atoms with Gasteiger partial charge >= 0.3 is 5.97 Å². The van der Waals surface area contributed by atoms with Gasteiger partial charge in [-0.05, 0) is 47.2 Å². The number of carbonyl (C=O) groups is 1. The third-order valence-electron chi connectivity index (χ3n) is 5.47. The van der Waals surface area contributed by atoms with E-state index in [0.29, 0.717) is 6.42 Å². The molecule has 3 aromatic rings. The SMILES string of the molecule is COC(=O)CCCCCCCCCCOc1cccc2cc3ccccc3cc12. The van der Waals surface area contributed by atoms with E-state index in [4.69, 9.17) is 4.74 Å². The number of benzene rings is 3. The largest absolute Gasteiger partial charge is 0.493 e. The fourth-order valence-corrected chi connectivity index (χ4v) is 3.78. The first-order valence-electron chi connectivity index (χ1n) is 10.9. The quantitative estimate of drug-likeness (QED) is 0.188. The fraction of sp³-hybridized carbons (Fsp3) is 0.423. The number of hydrogen-bond acceptors (Lipinski definition) is 3. The molecule has 29 heavy (non-hydrogen) atoms. The Kier molecular flexibility index (Phi) is 8.36. The molecule has 0 aliphatic rings. The van der Waals surface area contributed by atoms with Gasteiger partial charge in [-0.25, -0.2) is 0 Å². The zero-order valence-electron chi connectivity index (χ0n) is 17.5. The molecule has 154 valence electrons. The van der Waals surface area contributed by atoms with E-state index in [1.54, 1.807) is 0 Å². The van der Waals surface area contributed by atoms with Crippen LogP contribution >= 0.6 is 0 Å². The summed E-state index contributed by atoms with van der Waals surface area (Å²) in [5, 5.41) is 4.94. The van der Waals surface area contributed by atoms with Gasteiger partial charge < -0.3 is 9.47 Å². The van der Waals surface area contributed by atoms with E-state index in [0.717, 1.165) is 31.6 Å². The van der Waals surface area contributed by atoms with Crippen molar-refractivity contribution in [2.24, 2.45) is 0 Å². The molecule has 0 aliphatic heterocycles. The second-order valence-electron chi connectivity index (χ2n) is 7.68. The molecule has 0 N–H and O–H groups in total. The summed E-state index contributed by atoms with van der Waals surface area (Å²) in [6, 6.07) is 19.2. The third-order valence-corrected chi connectivity index (χ3v) is 5.47. The van der Waals surface area contributed by atoms with Gasteiger partial charge in [0.15, 0.2) is 0 Å². The summed E-state index contributed by atoms with van der Waals surface area (Å²) in [6.07, 6.45) is 9.88. The highest BCUT2D eigenvalue weighted by atomic mass is 16.5. The molecule has 0 atom stereocenters. The molecule has 0 unspecified atom stereocenters. The maximum atomic E-state index is 11.0. The predicted molar refractivity (Wildman–Crippen MR) is 121 cm³/mol. The van der Waals surface area contributed by atoms with Crippen LogP contribution in [0.15, 0.2) is 54.6 Å². The average Bonchev–Trinajstić information content (AvgIpc) is 2.75. The van der Waals surface area contributed by atoms with Gasteiger partial charge in [0, 0.05) is 11.8 Å². The zero-order valence-corrected chi connectivity index (χ0v) is 17.5. The van der Waals surface area contributed by atoms with E-state index < -0.39 is 0 Å². The molecule has 0 saturated carbocycles. The van der Waals surface area contributed by atoms with Crippen LogP contribution in [0.4, 0.5) is 0 Å². The molecule has 0 aliphatic carbocycles. The highest BCUT2D eigenvalue weighted by Gasteiger charge is 2.04. The van der Waals surface area contributed by atoms with Crippen LogP contribution < -0.4 is 4.74 Å². The van der Waals surface area contributed by atoms with E-state index in [2.05, 4.69) is 59.3 Å². The molecule has 0 spiro atoms. The minimum absolute atomic E-state index is 0.0932. The first-order chi connectivity index (χ1) is 14.3. The second kappa shape index (κ2) is 11.5. The monoisotopic (exact) mass is 392 g/mol. The lowest BCUT2D eigenvalue weighted by atomic mass is 10.0. The third kappa shape index (κ3) is 6.49. The van der Waals surface area contributed by atoms with Crippen molar-refractivity contribution in [3.05, 3.63) is 54.6 Å². The number of fused-ring (bicyclic) bond motifs is 2. The number of ether oxygens (including phenoxy) is 2. The van der Waals surface area contributed by atoms with Crippen LogP contribution in [0.5, 0.6) is 5.75 Å². The van der Waals surface area contributed by atoms with Crippen LogP contribution in [0.1, 0.15) is 57.8 Å². The molecule has 3 aromatic carbocycles. The normalized spacial score (nSPS) is 11.1. The molecular weight excluding hydrogens is 360 g/mol. The Bertz CT molecular complexity index is 916. The van der Waals surface area contributed by atoms with E-state index >= 15 is 0 Å². The Balaban J connectivity index is 1.34. The van der Waals surface area contributed by atoms with Crippen LogP contribution in [-0.4, -0.2) is 19.7 Å². The molecule has 0 bridgehead atoms. The Hall–Kier alpha value is -2.55. The molecule has 0 aromatic heterocycles. The van der Waals surface area contributed by atoms with Gasteiger partial charge in [-0.3, -0.25) is 4.79 Å². The Morgan fingerprint density at radius 2 is 1.34 bits per heavy atom. The average molecular weight is 393 g/mol. The van der Waals surface area contributed by atoms with Crippen molar-refractivity contribution < 1.29 is 14.3 Å². The summed E-state index contributed by atoms with van der Waals surface area (Å²) >= 11 is 0. The van der Waals surface area contributed by atoms with Crippen LogP contribution in [0.2, 0.25) is 0 Å². The maximum absolute atomic E-state index is 11.0. The first kappa shape index (κ1) is 21.2. The van der Waals surface area contributed by atoms with Gasteiger partial charge in [0.1, 0.15) is 5.75 Å². The number of carbonyl (C=O) groups excluding carboxylic acids is 1. The number of unbranched alkanes of at least 4 members (excludes halogenated alkanes) is 7. The zero-order chi connectivity index (χ0) is 20.3. The lowest BCUT2D eigenvalue weighted by Gasteiger charge is -2.10. The summed E-state index contributed by atoms with van der Waals surface area (Å²) in [5.74, 6) is 0.892. The van der Waals surface area contributed by atoms with Crippen molar-refractivity contribution in [1.29, 1.82) is 0 Å². The summed E-state index contributed by atoms with van der Waals surface area (Å²) < 4.78 is 10.8. The van der Waals surface area contributed by atoms with Crippen LogP contribution in [-0.2, 0) is 9.53 Å². The topological polar surface area (TPSA) is 35.5 Å². The van der Waals surface area contributed by atoms with Crippen molar-refractivity contribution >= 4 is 27.5 Å². The Morgan fingerprint density at radius 3 is 2.07 bits per heavy atom. The van der Waals surface area contributed by atoms with Gasteiger partial charge in [-0.2, -0.15) is 0 Å². The van der Waals surface area contributed by atoms with E-state index in [9.17, 15) is 4.79 Å². The molecule has 0 saturated heterocycles.